The number of anilines is 1. The highest BCUT2D eigenvalue weighted by Crippen LogP contribution is 2.21. The minimum Gasteiger partial charge on any atom is -0.352 e. The van der Waals surface area contributed by atoms with Gasteiger partial charge in [0.05, 0.1) is 6.04 Å². The molecule has 0 aliphatic carbocycles. The summed E-state index contributed by atoms with van der Waals surface area (Å²) in [5.41, 5.74) is 6.61. The molecule has 8 nitrogen and oxygen atoms in total. The summed E-state index contributed by atoms with van der Waals surface area (Å²) in [6, 6.07) is 3.38. The van der Waals surface area contributed by atoms with Crippen molar-refractivity contribution in [1.82, 2.24) is 24.7 Å². The van der Waals surface area contributed by atoms with Gasteiger partial charge in [-0.3, -0.25) is 4.79 Å². The molecule has 1 aliphatic rings. The van der Waals surface area contributed by atoms with Gasteiger partial charge < -0.3 is 15.5 Å². The van der Waals surface area contributed by atoms with E-state index in [1.807, 2.05) is 44.7 Å². The summed E-state index contributed by atoms with van der Waals surface area (Å²) < 4.78 is 1.74. The first-order chi connectivity index (χ1) is 11.3. The summed E-state index contributed by atoms with van der Waals surface area (Å²) in [7, 11) is 0. The van der Waals surface area contributed by atoms with Crippen LogP contribution in [0.3, 0.4) is 0 Å². The Bertz CT molecular complexity index is 751. The Labute approximate surface area is 165 Å². The molecule has 10 heteroatoms. The molecule has 0 aromatic carbocycles. The molecule has 1 fully saturated rings. The molecule has 2 aromatic heterocycles. The van der Waals surface area contributed by atoms with E-state index >= 15 is 0 Å². The number of rotatable bonds is 2. The number of aryl methyl sites for hydroxylation is 1. The SMILES string of the molecule is Cc1nnc2ccc(N3CCN(C(=O)[C@@H](N)C(C)(C)C)CC3)nn12.Cl.Cl. The Balaban J connectivity index is 0.00000169. The standard InChI is InChI=1S/C16H25N7O.2ClH/c1-11-18-19-12-5-6-13(20-23(11)12)21-7-9-22(10-8-21)15(24)14(17)16(2,3)4;;/h5-6,14H,7-10,17H2,1-4H3;2*1H/t14-;;/m1../s1. The molecule has 0 unspecified atom stereocenters. The fourth-order valence-corrected chi connectivity index (χ4v) is 2.78. The number of hydrogen-bond donors (Lipinski definition) is 1. The highest BCUT2D eigenvalue weighted by Gasteiger charge is 2.32. The predicted octanol–water partition coefficient (Wildman–Crippen LogP) is 1.30. The molecule has 3 rings (SSSR count). The lowest BCUT2D eigenvalue weighted by Gasteiger charge is -2.38. The summed E-state index contributed by atoms with van der Waals surface area (Å²) in [6.45, 7) is 10.6. The number of carbonyl (C=O) groups excluding carboxylic acids is 1. The molecule has 1 saturated heterocycles. The molecule has 2 N–H and O–H groups in total. The third-order valence-electron chi connectivity index (χ3n) is 4.52. The summed E-state index contributed by atoms with van der Waals surface area (Å²) in [6.07, 6.45) is 0. The number of fused-ring (bicyclic) bond motifs is 1. The highest BCUT2D eigenvalue weighted by atomic mass is 35.5. The van der Waals surface area contributed by atoms with E-state index in [4.69, 9.17) is 5.73 Å². The maximum Gasteiger partial charge on any atom is 0.240 e. The summed E-state index contributed by atoms with van der Waals surface area (Å²) in [5.74, 6) is 1.66. The maximum absolute atomic E-state index is 12.5. The number of hydrogen-bond acceptors (Lipinski definition) is 6. The Morgan fingerprint density at radius 1 is 1.12 bits per heavy atom. The van der Waals surface area contributed by atoms with Crippen molar-refractivity contribution in [3.05, 3.63) is 18.0 Å². The number of carbonyl (C=O) groups is 1. The van der Waals surface area contributed by atoms with Crippen molar-refractivity contribution in [2.45, 2.75) is 33.7 Å². The number of nitrogens with two attached hydrogens (primary N) is 1. The lowest BCUT2D eigenvalue weighted by atomic mass is 9.86. The zero-order valence-corrected chi connectivity index (χ0v) is 17.2. The van der Waals surface area contributed by atoms with Gasteiger partial charge in [0.15, 0.2) is 11.5 Å². The predicted molar refractivity (Wildman–Crippen MR) is 106 cm³/mol. The molecule has 1 amide bonds. The summed E-state index contributed by atoms with van der Waals surface area (Å²) in [4.78, 5) is 16.5. The van der Waals surface area contributed by atoms with E-state index in [2.05, 4.69) is 20.2 Å². The van der Waals surface area contributed by atoms with Gasteiger partial charge in [0, 0.05) is 26.2 Å². The van der Waals surface area contributed by atoms with Gasteiger partial charge in [-0.2, -0.15) is 4.52 Å². The van der Waals surface area contributed by atoms with Crippen molar-refractivity contribution in [2.75, 3.05) is 31.1 Å². The Kier molecular flexibility index (Phi) is 7.21. The first-order valence-electron chi connectivity index (χ1n) is 8.26. The van der Waals surface area contributed by atoms with Crippen LogP contribution in [0.2, 0.25) is 0 Å². The lowest BCUT2D eigenvalue weighted by Crippen LogP contribution is -2.56. The van der Waals surface area contributed by atoms with Crippen LogP contribution in [0.25, 0.3) is 5.65 Å². The van der Waals surface area contributed by atoms with Crippen LogP contribution in [-0.2, 0) is 4.79 Å². The second-order valence-electron chi connectivity index (χ2n) is 7.36. The minimum atomic E-state index is -0.474. The van der Waals surface area contributed by atoms with Crippen molar-refractivity contribution >= 4 is 42.2 Å². The van der Waals surface area contributed by atoms with E-state index in [1.54, 1.807) is 4.52 Å². The van der Waals surface area contributed by atoms with Crippen molar-refractivity contribution in [3.8, 4) is 0 Å². The molecule has 3 heterocycles. The van der Waals surface area contributed by atoms with Crippen LogP contribution in [0, 0.1) is 12.3 Å². The second-order valence-corrected chi connectivity index (χ2v) is 7.36. The number of aromatic nitrogens is 4. The van der Waals surface area contributed by atoms with Crippen molar-refractivity contribution in [1.29, 1.82) is 0 Å². The van der Waals surface area contributed by atoms with Gasteiger partial charge in [-0.25, -0.2) is 0 Å². The van der Waals surface area contributed by atoms with Crippen LogP contribution >= 0.6 is 24.8 Å². The maximum atomic E-state index is 12.5. The lowest BCUT2D eigenvalue weighted by molar-refractivity contribution is -0.135. The van der Waals surface area contributed by atoms with Crippen LogP contribution in [0.1, 0.15) is 26.6 Å². The van der Waals surface area contributed by atoms with Gasteiger partial charge in [-0.15, -0.1) is 40.1 Å². The average Bonchev–Trinajstić information content (AvgIpc) is 2.93. The number of halogens is 2. The van der Waals surface area contributed by atoms with E-state index in [0.29, 0.717) is 13.1 Å². The molecule has 1 aliphatic heterocycles. The van der Waals surface area contributed by atoms with Crippen molar-refractivity contribution in [2.24, 2.45) is 11.1 Å². The molecule has 0 bridgehead atoms. The monoisotopic (exact) mass is 403 g/mol. The zero-order valence-electron chi connectivity index (χ0n) is 15.5. The summed E-state index contributed by atoms with van der Waals surface area (Å²) in [5, 5.41) is 12.7. The molecule has 0 spiro atoms. The van der Waals surface area contributed by atoms with E-state index in [-0.39, 0.29) is 36.1 Å². The first-order valence-corrected chi connectivity index (χ1v) is 8.26. The number of nitrogens with zero attached hydrogens (tertiary/aromatic N) is 6. The van der Waals surface area contributed by atoms with Gasteiger partial charge in [0.2, 0.25) is 5.91 Å². The highest BCUT2D eigenvalue weighted by molar-refractivity contribution is 5.85. The molecule has 26 heavy (non-hydrogen) atoms. The van der Waals surface area contributed by atoms with Gasteiger partial charge in [-0.1, -0.05) is 20.8 Å². The Hall–Kier alpha value is -1.64. The first kappa shape index (κ1) is 22.4. The van der Waals surface area contributed by atoms with Crippen LogP contribution in [0.5, 0.6) is 0 Å². The Morgan fingerprint density at radius 2 is 1.73 bits per heavy atom. The topological polar surface area (TPSA) is 92.7 Å². The Morgan fingerprint density at radius 3 is 2.31 bits per heavy atom. The van der Waals surface area contributed by atoms with E-state index < -0.39 is 6.04 Å². The van der Waals surface area contributed by atoms with Crippen LogP contribution in [0.15, 0.2) is 12.1 Å². The van der Waals surface area contributed by atoms with Crippen LogP contribution in [0.4, 0.5) is 5.82 Å². The van der Waals surface area contributed by atoms with Gasteiger partial charge in [0.25, 0.3) is 0 Å². The molecule has 1 atom stereocenters. The van der Waals surface area contributed by atoms with Gasteiger partial charge in [-0.05, 0) is 24.5 Å². The van der Waals surface area contributed by atoms with Crippen molar-refractivity contribution < 1.29 is 4.79 Å². The molecule has 0 radical (unpaired) electrons. The van der Waals surface area contributed by atoms with E-state index in [0.717, 1.165) is 30.4 Å². The fraction of sp³-hybridized carbons (Fsp3) is 0.625. The second kappa shape index (κ2) is 8.37. The van der Waals surface area contributed by atoms with Crippen molar-refractivity contribution in [3.63, 3.8) is 0 Å². The normalized spacial score (nSPS) is 16.0. The van der Waals surface area contributed by atoms with Gasteiger partial charge >= 0.3 is 0 Å². The quantitative estimate of drug-likeness (QED) is 0.811. The van der Waals surface area contributed by atoms with Gasteiger partial charge in [0.1, 0.15) is 5.82 Å². The minimum absolute atomic E-state index is 0. The largest absolute Gasteiger partial charge is 0.352 e. The molecule has 2 aromatic rings. The van der Waals surface area contributed by atoms with E-state index in [9.17, 15) is 4.79 Å². The summed E-state index contributed by atoms with van der Waals surface area (Å²) >= 11 is 0. The average molecular weight is 404 g/mol. The smallest absolute Gasteiger partial charge is 0.240 e. The van der Waals surface area contributed by atoms with E-state index in [1.165, 1.54) is 0 Å². The third-order valence-corrected chi connectivity index (χ3v) is 4.52. The fourth-order valence-electron chi connectivity index (χ4n) is 2.78. The molecule has 0 saturated carbocycles. The number of piperazine rings is 1. The molecular formula is C16H27Cl2N7O. The zero-order chi connectivity index (χ0) is 17.5. The molecule has 146 valence electrons. The van der Waals surface area contributed by atoms with Crippen LogP contribution in [-0.4, -0.2) is 62.8 Å². The van der Waals surface area contributed by atoms with Crippen LogP contribution < -0.4 is 10.6 Å². The third kappa shape index (κ3) is 4.36. The molecular weight excluding hydrogens is 377 g/mol. The number of amides is 1.